The van der Waals surface area contributed by atoms with E-state index in [4.69, 9.17) is 0 Å². The second-order valence-electron chi connectivity index (χ2n) is 3.11. The molecule has 2 rings (SSSR count). The van der Waals surface area contributed by atoms with Crippen LogP contribution in [0.25, 0.3) is 10.1 Å². The standard InChI is InChI=1S/C10H8F2S2/c1-5-2-6-3-8(13)7(10(11)12)4-9(6)14-5/h2-4,10,13H,1H3. The van der Waals surface area contributed by atoms with E-state index in [2.05, 4.69) is 12.6 Å². The first-order valence-corrected chi connectivity index (χ1v) is 5.35. The van der Waals surface area contributed by atoms with Gasteiger partial charge in [-0.05, 0) is 30.5 Å². The Balaban J connectivity index is 2.70. The topological polar surface area (TPSA) is 0 Å². The molecule has 0 bridgehead atoms. The predicted molar refractivity (Wildman–Crippen MR) is 58.8 cm³/mol. The lowest BCUT2D eigenvalue weighted by Crippen LogP contribution is -1.85. The average molecular weight is 230 g/mol. The van der Waals surface area contributed by atoms with E-state index < -0.39 is 6.43 Å². The summed E-state index contributed by atoms with van der Waals surface area (Å²) >= 11 is 5.57. The van der Waals surface area contributed by atoms with Crippen LogP contribution in [0.3, 0.4) is 0 Å². The highest BCUT2D eigenvalue weighted by Crippen LogP contribution is 2.33. The Kier molecular flexibility index (Phi) is 2.49. The first-order valence-electron chi connectivity index (χ1n) is 4.09. The van der Waals surface area contributed by atoms with Crippen molar-refractivity contribution in [2.75, 3.05) is 0 Å². The maximum atomic E-state index is 12.5. The third kappa shape index (κ3) is 1.64. The maximum absolute atomic E-state index is 12.5. The molecule has 1 aromatic carbocycles. The van der Waals surface area contributed by atoms with Gasteiger partial charge in [0.2, 0.25) is 0 Å². The quantitative estimate of drug-likeness (QED) is 0.688. The fraction of sp³-hybridized carbons (Fsp3) is 0.200. The van der Waals surface area contributed by atoms with Crippen molar-refractivity contribution in [2.24, 2.45) is 0 Å². The molecular weight excluding hydrogens is 222 g/mol. The molecule has 0 fully saturated rings. The molecule has 74 valence electrons. The molecule has 0 N–H and O–H groups in total. The molecule has 0 aliphatic rings. The molecule has 1 heterocycles. The molecule has 0 radical (unpaired) electrons. The van der Waals surface area contributed by atoms with Gasteiger partial charge in [0.25, 0.3) is 6.43 Å². The molecule has 0 saturated heterocycles. The molecule has 0 spiro atoms. The van der Waals surface area contributed by atoms with Gasteiger partial charge in [0.05, 0.1) is 0 Å². The van der Waals surface area contributed by atoms with E-state index in [1.165, 1.54) is 17.4 Å². The number of fused-ring (bicyclic) bond motifs is 1. The molecule has 14 heavy (non-hydrogen) atoms. The second kappa shape index (κ2) is 3.51. The lowest BCUT2D eigenvalue weighted by molar-refractivity contribution is 0.148. The Labute approximate surface area is 90.0 Å². The Hall–Kier alpha value is -0.610. The van der Waals surface area contributed by atoms with Gasteiger partial charge in [-0.3, -0.25) is 0 Å². The summed E-state index contributed by atoms with van der Waals surface area (Å²) in [4.78, 5) is 1.49. The molecule has 0 saturated carbocycles. The average Bonchev–Trinajstić information content (AvgIpc) is 2.42. The molecule has 4 heteroatoms. The summed E-state index contributed by atoms with van der Waals surface area (Å²) in [5.74, 6) is 0. The number of thiophene rings is 1. The number of aryl methyl sites for hydroxylation is 1. The minimum atomic E-state index is -2.45. The number of alkyl halides is 2. The first-order chi connectivity index (χ1) is 6.58. The second-order valence-corrected chi connectivity index (χ2v) is 4.88. The van der Waals surface area contributed by atoms with Crippen LogP contribution in [0.4, 0.5) is 8.78 Å². The van der Waals surface area contributed by atoms with E-state index in [1.807, 2.05) is 13.0 Å². The van der Waals surface area contributed by atoms with Crippen LogP contribution >= 0.6 is 24.0 Å². The van der Waals surface area contributed by atoms with Crippen molar-refractivity contribution < 1.29 is 8.78 Å². The molecule has 0 nitrogen and oxygen atoms in total. The van der Waals surface area contributed by atoms with Crippen molar-refractivity contribution in [3.05, 3.63) is 28.6 Å². The van der Waals surface area contributed by atoms with Gasteiger partial charge in [-0.1, -0.05) is 0 Å². The summed E-state index contributed by atoms with van der Waals surface area (Å²) in [5.41, 5.74) is 0.0164. The lowest BCUT2D eigenvalue weighted by atomic mass is 10.2. The van der Waals surface area contributed by atoms with E-state index in [0.717, 1.165) is 15.0 Å². The van der Waals surface area contributed by atoms with Crippen molar-refractivity contribution in [1.82, 2.24) is 0 Å². The number of halogens is 2. The number of rotatable bonds is 1. The third-order valence-corrected chi connectivity index (χ3v) is 3.42. The predicted octanol–water partition coefficient (Wildman–Crippen LogP) is 4.44. The zero-order valence-corrected chi connectivity index (χ0v) is 9.13. The summed E-state index contributed by atoms with van der Waals surface area (Å²) < 4.78 is 25.9. The van der Waals surface area contributed by atoms with Crippen molar-refractivity contribution >= 4 is 34.1 Å². The van der Waals surface area contributed by atoms with Crippen LogP contribution in [-0.4, -0.2) is 0 Å². The summed E-state index contributed by atoms with van der Waals surface area (Å²) in [6.45, 7) is 1.96. The minimum absolute atomic E-state index is 0.0164. The van der Waals surface area contributed by atoms with Gasteiger partial charge in [-0.15, -0.1) is 24.0 Å². The summed E-state index contributed by atoms with van der Waals surface area (Å²) in [6.07, 6.45) is -2.45. The first kappa shape index (κ1) is 9.93. The number of hydrogen-bond acceptors (Lipinski definition) is 2. The van der Waals surface area contributed by atoms with Crippen LogP contribution in [0.1, 0.15) is 16.9 Å². The number of benzene rings is 1. The third-order valence-electron chi connectivity index (χ3n) is 2.02. The van der Waals surface area contributed by atoms with Gasteiger partial charge < -0.3 is 0 Å². The van der Waals surface area contributed by atoms with E-state index in [9.17, 15) is 8.78 Å². The zero-order chi connectivity index (χ0) is 10.3. The molecular formula is C10H8F2S2. The van der Waals surface area contributed by atoms with Gasteiger partial charge in [0.15, 0.2) is 0 Å². The lowest BCUT2D eigenvalue weighted by Gasteiger charge is -2.03. The van der Waals surface area contributed by atoms with Crippen LogP contribution in [-0.2, 0) is 0 Å². The molecule has 0 amide bonds. The van der Waals surface area contributed by atoms with Crippen LogP contribution in [0.15, 0.2) is 23.1 Å². The van der Waals surface area contributed by atoms with Crippen LogP contribution < -0.4 is 0 Å². The maximum Gasteiger partial charge on any atom is 0.264 e. The Morgan fingerprint density at radius 1 is 1.29 bits per heavy atom. The van der Waals surface area contributed by atoms with Crippen LogP contribution in [0.5, 0.6) is 0 Å². The summed E-state index contributed by atoms with van der Waals surface area (Å²) in [6, 6.07) is 5.21. The fourth-order valence-electron chi connectivity index (χ4n) is 1.40. The molecule has 0 aliphatic heterocycles. The van der Waals surface area contributed by atoms with E-state index in [-0.39, 0.29) is 5.56 Å². The van der Waals surface area contributed by atoms with Crippen LogP contribution in [0.2, 0.25) is 0 Å². The van der Waals surface area contributed by atoms with Gasteiger partial charge in [0.1, 0.15) is 0 Å². The van der Waals surface area contributed by atoms with Crippen molar-refractivity contribution in [2.45, 2.75) is 18.2 Å². The fourth-order valence-corrected chi connectivity index (χ4v) is 2.65. The van der Waals surface area contributed by atoms with Crippen molar-refractivity contribution in [1.29, 1.82) is 0 Å². The van der Waals surface area contributed by atoms with Gasteiger partial charge in [-0.25, -0.2) is 8.78 Å². The summed E-state index contributed by atoms with van der Waals surface area (Å²) in [5, 5.41) is 0.988. The monoisotopic (exact) mass is 230 g/mol. The number of thiol groups is 1. The molecule has 1 aromatic heterocycles. The minimum Gasteiger partial charge on any atom is -0.205 e. The Morgan fingerprint density at radius 2 is 2.00 bits per heavy atom. The molecule has 0 atom stereocenters. The van der Waals surface area contributed by atoms with E-state index in [1.54, 1.807) is 6.07 Å². The Morgan fingerprint density at radius 3 is 2.64 bits per heavy atom. The normalized spacial score (nSPS) is 11.5. The van der Waals surface area contributed by atoms with E-state index in [0.29, 0.717) is 4.90 Å². The summed E-state index contributed by atoms with van der Waals surface area (Å²) in [7, 11) is 0. The van der Waals surface area contributed by atoms with E-state index >= 15 is 0 Å². The highest BCUT2D eigenvalue weighted by Gasteiger charge is 2.12. The van der Waals surface area contributed by atoms with Crippen molar-refractivity contribution in [3.8, 4) is 0 Å². The Bertz CT molecular complexity index is 474. The largest absolute Gasteiger partial charge is 0.264 e. The van der Waals surface area contributed by atoms with Gasteiger partial charge in [0, 0.05) is 20.0 Å². The number of hydrogen-bond donors (Lipinski definition) is 1. The SMILES string of the molecule is Cc1cc2cc(S)c(C(F)F)cc2s1. The van der Waals surface area contributed by atoms with Crippen molar-refractivity contribution in [3.63, 3.8) is 0 Å². The zero-order valence-electron chi connectivity index (χ0n) is 7.42. The highest BCUT2D eigenvalue weighted by atomic mass is 32.1. The van der Waals surface area contributed by atoms with Gasteiger partial charge >= 0.3 is 0 Å². The molecule has 2 aromatic rings. The van der Waals surface area contributed by atoms with Crippen LogP contribution in [0, 0.1) is 6.92 Å². The van der Waals surface area contributed by atoms with Gasteiger partial charge in [-0.2, -0.15) is 0 Å². The smallest absolute Gasteiger partial charge is 0.205 e. The molecule has 0 aliphatic carbocycles. The highest BCUT2D eigenvalue weighted by molar-refractivity contribution is 7.80. The molecule has 0 unspecified atom stereocenters.